The lowest BCUT2D eigenvalue weighted by Gasteiger charge is -2.37. The molecule has 2 aliphatic rings. The number of hydrogen-bond donors (Lipinski definition) is 1. The van der Waals surface area contributed by atoms with E-state index in [0.717, 1.165) is 30.4 Å². The summed E-state index contributed by atoms with van der Waals surface area (Å²) in [6.45, 7) is 12.1. The predicted molar refractivity (Wildman–Crippen MR) is 93.9 cm³/mol. The minimum Gasteiger partial charge on any atom is -0.319 e. The number of nitro benzene ring substituents is 1. The first kappa shape index (κ1) is 16.7. The number of amides is 1. The number of fused-ring (bicyclic) bond motifs is 2. The summed E-state index contributed by atoms with van der Waals surface area (Å²) in [5, 5.41) is 14.3. The Bertz CT molecular complexity index is 766. The van der Waals surface area contributed by atoms with E-state index in [9.17, 15) is 14.9 Å². The molecule has 0 heterocycles. The van der Waals surface area contributed by atoms with Crippen molar-refractivity contribution in [2.24, 2.45) is 16.7 Å². The maximum atomic E-state index is 13.1. The van der Waals surface area contributed by atoms with Crippen molar-refractivity contribution < 1.29 is 9.72 Å². The van der Waals surface area contributed by atoms with E-state index < -0.39 is 10.3 Å². The lowest BCUT2D eigenvalue weighted by molar-refractivity contribution is -0.384. The highest BCUT2D eigenvalue weighted by Crippen LogP contribution is 2.65. The van der Waals surface area contributed by atoms with Crippen molar-refractivity contribution in [1.29, 1.82) is 0 Å². The van der Waals surface area contributed by atoms with Crippen molar-refractivity contribution >= 4 is 17.3 Å². The van der Waals surface area contributed by atoms with Gasteiger partial charge in [-0.3, -0.25) is 14.9 Å². The number of carbonyl (C=O) groups is 1. The van der Waals surface area contributed by atoms with Crippen LogP contribution in [0.2, 0.25) is 0 Å². The molecule has 24 heavy (non-hydrogen) atoms. The average Bonchev–Trinajstić information content (AvgIpc) is 3.01. The minimum absolute atomic E-state index is 0.0466. The second-order valence-corrected chi connectivity index (χ2v) is 7.91. The number of anilines is 1. The fourth-order valence-electron chi connectivity index (χ4n) is 4.63. The van der Waals surface area contributed by atoms with Crippen LogP contribution in [-0.2, 0) is 4.79 Å². The maximum Gasteiger partial charge on any atom is 0.293 e. The number of aryl methyl sites for hydroxylation is 2. The first-order chi connectivity index (χ1) is 11.1. The van der Waals surface area contributed by atoms with E-state index in [2.05, 4.69) is 25.7 Å². The van der Waals surface area contributed by atoms with Gasteiger partial charge < -0.3 is 5.32 Å². The van der Waals surface area contributed by atoms with Crippen LogP contribution in [0, 0.1) is 40.7 Å². The molecule has 0 spiro atoms. The summed E-state index contributed by atoms with van der Waals surface area (Å²) in [5.41, 5.74) is 2.12. The zero-order valence-corrected chi connectivity index (χ0v) is 14.7. The van der Waals surface area contributed by atoms with E-state index in [0.29, 0.717) is 17.2 Å². The van der Waals surface area contributed by atoms with Gasteiger partial charge in [0.05, 0.1) is 10.3 Å². The molecule has 2 saturated carbocycles. The van der Waals surface area contributed by atoms with Crippen LogP contribution in [0.15, 0.2) is 24.3 Å². The minimum atomic E-state index is -0.584. The number of nitrogens with one attached hydrogen (secondary N) is 1. The first-order valence-electron chi connectivity index (χ1n) is 8.36. The highest BCUT2D eigenvalue weighted by Gasteiger charge is 2.61. The van der Waals surface area contributed by atoms with Crippen molar-refractivity contribution in [3.05, 3.63) is 45.5 Å². The molecule has 2 bridgehead atoms. The SMILES string of the molecule is C=C1C(C)(C)[C@H]2CC[C@]1(C(=O)Nc1c(C)cc(C)cc1[N+](=O)[O-])C2. The third kappa shape index (κ3) is 2.18. The molecule has 5 heteroatoms. The van der Waals surface area contributed by atoms with Crippen molar-refractivity contribution in [2.45, 2.75) is 47.0 Å². The standard InChI is InChI=1S/C19H24N2O3/c1-11-8-12(2)16(15(9-11)21(23)24)20-17(22)19-7-6-14(10-19)18(4,5)13(19)3/h8-9,14H,3,6-7,10H2,1-2,4-5H3,(H,20,22)/t14-,19-/m0/s1. The van der Waals surface area contributed by atoms with Crippen molar-refractivity contribution in [3.8, 4) is 0 Å². The summed E-state index contributed by atoms with van der Waals surface area (Å²) >= 11 is 0. The molecule has 1 amide bonds. The first-order valence-corrected chi connectivity index (χ1v) is 8.36. The van der Waals surface area contributed by atoms with Crippen LogP contribution in [0.5, 0.6) is 0 Å². The predicted octanol–water partition coefficient (Wildman–Crippen LogP) is 4.53. The van der Waals surface area contributed by atoms with Gasteiger partial charge in [-0.2, -0.15) is 0 Å². The Labute approximate surface area is 142 Å². The van der Waals surface area contributed by atoms with Crippen molar-refractivity contribution in [3.63, 3.8) is 0 Å². The monoisotopic (exact) mass is 328 g/mol. The lowest BCUT2D eigenvalue weighted by atomic mass is 9.68. The van der Waals surface area contributed by atoms with Crippen molar-refractivity contribution in [1.82, 2.24) is 0 Å². The molecular formula is C19H24N2O3. The molecule has 5 nitrogen and oxygen atoms in total. The Morgan fingerprint density at radius 1 is 1.38 bits per heavy atom. The molecule has 2 aliphatic carbocycles. The van der Waals surface area contributed by atoms with Crippen LogP contribution >= 0.6 is 0 Å². The van der Waals surface area contributed by atoms with E-state index in [1.165, 1.54) is 6.07 Å². The molecule has 0 aliphatic heterocycles. The smallest absolute Gasteiger partial charge is 0.293 e. The van der Waals surface area contributed by atoms with Crippen LogP contribution in [0.25, 0.3) is 0 Å². The third-order valence-electron chi connectivity index (χ3n) is 6.22. The summed E-state index contributed by atoms with van der Waals surface area (Å²) in [7, 11) is 0. The average molecular weight is 328 g/mol. The largest absolute Gasteiger partial charge is 0.319 e. The lowest BCUT2D eigenvalue weighted by Crippen LogP contribution is -2.37. The quantitative estimate of drug-likeness (QED) is 0.503. The van der Waals surface area contributed by atoms with E-state index in [-0.39, 0.29) is 17.0 Å². The normalized spacial score (nSPS) is 27.3. The fourth-order valence-corrected chi connectivity index (χ4v) is 4.63. The highest BCUT2D eigenvalue weighted by atomic mass is 16.6. The number of benzene rings is 1. The Kier molecular flexibility index (Phi) is 3.59. The highest BCUT2D eigenvalue weighted by molar-refractivity contribution is 6.00. The Balaban J connectivity index is 1.97. The van der Waals surface area contributed by atoms with Crippen LogP contribution in [0.3, 0.4) is 0 Å². The van der Waals surface area contributed by atoms with Crippen molar-refractivity contribution in [2.75, 3.05) is 5.32 Å². The summed E-state index contributed by atoms with van der Waals surface area (Å²) in [5.74, 6) is 0.320. The van der Waals surface area contributed by atoms with Gasteiger partial charge in [-0.25, -0.2) is 0 Å². The number of rotatable bonds is 3. The van der Waals surface area contributed by atoms with E-state index in [1.54, 1.807) is 6.92 Å². The van der Waals surface area contributed by atoms with Gasteiger partial charge in [0.1, 0.15) is 5.69 Å². The topological polar surface area (TPSA) is 72.2 Å². The molecule has 0 unspecified atom stereocenters. The number of hydrogen-bond acceptors (Lipinski definition) is 3. The number of carbonyl (C=O) groups excluding carboxylic acids is 1. The molecule has 1 aromatic carbocycles. The van der Waals surface area contributed by atoms with Gasteiger partial charge in [-0.05, 0) is 55.6 Å². The van der Waals surface area contributed by atoms with Gasteiger partial charge in [0, 0.05) is 6.07 Å². The second-order valence-electron chi connectivity index (χ2n) is 7.91. The zero-order chi connectivity index (χ0) is 17.9. The molecule has 2 atom stereocenters. The maximum absolute atomic E-state index is 13.1. The van der Waals surface area contributed by atoms with Crippen LogP contribution in [0.4, 0.5) is 11.4 Å². The van der Waals surface area contributed by atoms with Gasteiger partial charge >= 0.3 is 0 Å². The fraction of sp³-hybridized carbons (Fsp3) is 0.526. The summed E-state index contributed by atoms with van der Waals surface area (Å²) in [4.78, 5) is 24.1. The van der Waals surface area contributed by atoms with Crippen LogP contribution < -0.4 is 5.32 Å². The molecule has 0 saturated heterocycles. The van der Waals surface area contributed by atoms with E-state index in [4.69, 9.17) is 0 Å². The van der Waals surface area contributed by atoms with Gasteiger partial charge in [-0.15, -0.1) is 0 Å². The van der Waals surface area contributed by atoms with Gasteiger partial charge in [0.15, 0.2) is 0 Å². The Morgan fingerprint density at radius 3 is 2.58 bits per heavy atom. The van der Waals surface area contributed by atoms with Gasteiger partial charge in [0.25, 0.3) is 5.69 Å². The number of nitrogens with zero attached hydrogens (tertiary/aromatic N) is 1. The Hall–Kier alpha value is -2.17. The molecule has 128 valence electrons. The molecule has 0 aromatic heterocycles. The second kappa shape index (κ2) is 5.16. The molecule has 3 rings (SSSR count). The Morgan fingerprint density at radius 2 is 2.04 bits per heavy atom. The van der Waals surface area contributed by atoms with Crippen LogP contribution in [-0.4, -0.2) is 10.8 Å². The summed E-state index contributed by atoms with van der Waals surface area (Å²) in [6, 6.07) is 3.36. The van der Waals surface area contributed by atoms with E-state index >= 15 is 0 Å². The third-order valence-corrected chi connectivity index (χ3v) is 6.22. The molecular weight excluding hydrogens is 304 g/mol. The molecule has 1 N–H and O–H groups in total. The molecule has 1 aromatic rings. The summed E-state index contributed by atoms with van der Waals surface area (Å²) < 4.78 is 0. The number of nitro groups is 1. The van der Waals surface area contributed by atoms with Gasteiger partial charge in [-0.1, -0.05) is 32.1 Å². The summed E-state index contributed by atoms with van der Waals surface area (Å²) in [6.07, 6.45) is 2.59. The van der Waals surface area contributed by atoms with Gasteiger partial charge in [0.2, 0.25) is 5.91 Å². The van der Waals surface area contributed by atoms with Crippen LogP contribution in [0.1, 0.15) is 44.2 Å². The zero-order valence-electron chi connectivity index (χ0n) is 14.7. The van der Waals surface area contributed by atoms with E-state index in [1.807, 2.05) is 13.0 Å². The molecule has 0 radical (unpaired) electrons. The molecule has 2 fully saturated rings.